The maximum atomic E-state index is 12.5. The molecular formula is C23H29N3O5. The molecule has 2 aromatic rings. The molecule has 0 fully saturated rings. The largest absolute Gasteiger partial charge is 0.497 e. The van der Waals surface area contributed by atoms with Gasteiger partial charge in [-0.1, -0.05) is 32.0 Å². The smallest absolute Gasteiger partial charge is 0.276 e. The Kier molecular flexibility index (Phi) is 8.43. The molecule has 8 nitrogen and oxygen atoms in total. The molecule has 1 atom stereocenters. The number of nitrogens with one attached hydrogen (secondary N) is 3. The van der Waals surface area contributed by atoms with Crippen molar-refractivity contribution in [2.24, 2.45) is 5.92 Å². The lowest BCUT2D eigenvalue weighted by molar-refractivity contribution is -0.131. The van der Waals surface area contributed by atoms with Gasteiger partial charge in [-0.2, -0.15) is 0 Å². The summed E-state index contributed by atoms with van der Waals surface area (Å²) in [5.74, 6) is -0.389. The Hall–Kier alpha value is -3.55. The van der Waals surface area contributed by atoms with Gasteiger partial charge in [0.1, 0.15) is 17.5 Å². The van der Waals surface area contributed by atoms with Crippen molar-refractivity contribution in [3.8, 4) is 11.5 Å². The zero-order valence-corrected chi connectivity index (χ0v) is 18.4. The first kappa shape index (κ1) is 23.7. The lowest BCUT2D eigenvalue weighted by atomic mass is 10.0. The van der Waals surface area contributed by atoms with E-state index in [1.54, 1.807) is 38.1 Å². The van der Waals surface area contributed by atoms with Crippen LogP contribution in [0.5, 0.6) is 11.5 Å². The van der Waals surface area contributed by atoms with Gasteiger partial charge in [0, 0.05) is 5.56 Å². The summed E-state index contributed by atoms with van der Waals surface area (Å²) < 4.78 is 10.6. The van der Waals surface area contributed by atoms with E-state index >= 15 is 0 Å². The van der Waals surface area contributed by atoms with Crippen LogP contribution in [0.3, 0.4) is 0 Å². The van der Waals surface area contributed by atoms with Gasteiger partial charge in [-0.3, -0.25) is 25.2 Å². The maximum Gasteiger partial charge on any atom is 0.276 e. The molecule has 2 aromatic carbocycles. The van der Waals surface area contributed by atoms with Crippen molar-refractivity contribution in [2.75, 3.05) is 13.7 Å². The molecule has 0 saturated heterocycles. The van der Waals surface area contributed by atoms with E-state index in [2.05, 4.69) is 16.2 Å². The molecule has 0 unspecified atom stereocenters. The SMILES string of the molecule is COc1ccc(C(=O)N[C@H](C(=O)NNC(=O)COc2c(C)cccc2C)C(C)C)cc1. The molecule has 0 bridgehead atoms. The zero-order valence-electron chi connectivity index (χ0n) is 18.4. The zero-order chi connectivity index (χ0) is 23.0. The molecule has 0 radical (unpaired) electrons. The Morgan fingerprint density at radius 2 is 1.55 bits per heavy atom. The fourth-order valence-electron chi connectivity index (χ4n) is 2.91. The van der Waals surface area contributed by atoms with Crippen LogP contribution in [0.15, 0.2) is 42.5 Å². The number of hydrogen-bond donors (Lipinski definition) is 3. The Morgan fingerprint density at radius 1 is 0.935 bits per heavy atom. The molecule has 3 amide bonds. The molecule has 0 aromatic heterocycles. The molecule has 0 saturated carbocycles. The average molecular weight is 428 g/mol. The Balaban J connectivity index is 1.89. The van der Waals surface area contributed by atoms with Crippen LogP contribution in [0.25, 0.3) is 0 Å². The van der Waals surface area contributed by atoms with E-state index in [-0.39, 0.29) is 12.5 Å². The van der Waals surface area contributed by atoms with Crippen molar-refractivity contribution < 1.29 is 23.9 Å². The molecule has 0 heterocycles. The minimum absolute atomic E-state index is 0.204. The molecule has 31 heavy (non-hydrogen) atoms. The number of aryl methyl sites for hydroxylation is 2. The van der Waals surface area contributed by atoms with Gasteiger partial charge in [-0.25, -0.2) is 0 Å². The van der Waals surface area contributed by atoms with Gasteiger partial charge in [0.05, 0.1) is 7.11 Å². The molecule has 0 aliphatic heterocycles. The van der Waals surface area contributed by atoms with E-state index in [1.807, 2.05) is 32.0 Å². The van der Waals surface area contributed by atoms with Crippen LogP contribution in [-0.4, -0.2) is 37.5 Å². The first-order valence-electron chi connectivity index (χ1n) is 9.95. The van der Waals surface area contributed by atoms with Crippen molar-refractivity contribution in [1.82, 2.24) is 16.2 Å². The van der Waals surface area contributed by atoms with Crippen LogP contribution < -0.4 is 25.6 Å². The first-order chi connectivity index (χ1) is 14.7. The second-order valence-corrected chi connectivity index (χ2v) is 7.47. The Labute approximate surface area is 182 Å². The first-order valence-corrected chi connectivity index (χ1v) is 9.95. The predicted molar refractivity (Wildman–Crippen MR) is 117 cm³/mol. The molecule has 0 aliphatic carbocycles. The number of rotatable bonds is 8. The third kappa shape index (κ3) is 6.74. The molecule has 8 heteroatoms. The maximum absolute atomic E-state index is 12.5. The van der Waals surface area contributed by atoms with Crippen molar-refractivity contribution in [3.05, 3.63) is 59.2 Å². The van der Waals surface area contributed by atoms with E-state index in [1.165, 1.54) is 7.11 Å². The molecule has 3 N–H and O–H groups in total. The van der Waals surface area contributed by atoms with Crippen LogP contribution in [0.4, 0.5) is 0 Å². The van der Waals surface area contributed by atoms with E-state index < -0.39 is 23.8 Å². The second kappa shape index (κ2) is 11.0. The summed E-state index contributed by atoms with van der Waals surface area (Å²) in [7, 11) is 1.54. The summed E-state index contributed by atoms with van der Waals surface area (Å²) in [5.41, 5.74) is 6.90. The monoisotopic (exact) mass is 427 g/mol. The van der Waals surface area contributed by atoms with Crippen LogP contribution in [0, 0.1) is 19.8 Å². The van der Waals surface area contributed by atoms with E-state index in [9.17, 15) is 14.4 Å². The molecule has 2 rings (SSSR count). The number of hydrogen-bond acceptors (Lipinski definition) is 5. The van der Waals surface area contributed by atoms with Gasteiger partial charge in [-0.05, 0) is 55.2 Å². The third-order valence-electron chi connectivity index (χ3n) is 4.67. The minimum Gasteiger partial charge on any atom is -0.497 e. The second-order valence-electron chi connectivity index (χ2n) is 7.47. The topological polar surface area (TPSA) is 106 Å². The van der Waals surface area contributed by atoms with E-state index in [4.69, 9.17) is 9.47 Å². The van der Waals surface area contributed by atoms with Gasteiger partial charge >= 0.3 is 0 Å². The third-order valence-corrected chi connectivity index (χ3v) is 4.67. The summed E-state index contributed by atoms with van der Waals surface area (Å²) >= 11 is 0. The number of benzene rings is 2. The summed E-state index contributed by atoms with van der Waals surface area (Å²) in [4.78, 5) is 37.1. The fourth-order valence-corrected chi connectivity index (χ4v) is 2.91. The average Bonchev–Trinajstić information content (AvgIpc) is 2.75. The van der Waals surface area contributed by atoms with Gasteiger partial charge in [0.15, 0.2) is 6.61 Å². The number of carbonyl (C=O) groups excluding carboxylic acids is 3. The van der Waals surface area contributed by atoms with Gasteiger partial charge in [0.25, 0.3) is 17.7 Å². The molecular weight excluding hydrogens is 398 g/mol. The van der Waals surface area contributed by atoms with Gasteiger partial charge in [0.2, 0.25) is 0 Å². The highest BCUT2D eigenvalue weighted by molar-refractivity contribution is 5.98. The standard InChI is InChI=1S/C23H29N3O5/c1-14(2)20(24-22(28)17-9-11-18(30-5)12-10-17)23(29)26-25-19(27)13-31-21-15(3)7-6-8-16(21)4/h6-12,14,20H,13H2,1-5H3,(H,24,28)(H,25,27)(H,26,29)/t20-/m0/s1. The highest BCUT2D eigenvalue weighted by atomic mass is 16.5. The summed E-state index contributed by atoms with van der Waals surface area (Å²) in [6, 6.07) is 11.4. The number of ether oxygens (including phenoxy) is 2. The molecule has 0 aliphatic rings. The van der Waals surface area contributed by atoms with Gasteiger partial charge < -0.3 is 14.8 Å². The van der Waals surface area contributed by atoms with Gasteiger partial charge in [-0.15, -0.1) is 0 Å². The minimum atomic E-state index is -0.838. The highest BCUT2D eigenvalue weighted by Gasteiger charge is 2.25. The number of hydrazine groups is 1. The summed E-state index contributed by atoms with van der Waals surface area (Å²) in [5, 5.41) is 2.69. The highest BCUT2D eigenvalue weighted by Crippen LogP contribution is 2.22. The number of methoxy groups -OCH3 is 1. The predicted octanol–water partition coefficient (Wildman–Crippen LogP) is 2.29. The van der Waals surface area contributed by atoms with E-state index in [0.717, 1.165) is 11.1 Å². The van der Waals surface area contributed by atoms with Crippen LogP contribution in [0.2, 0.25) is 0 Å². The van der Waals surface area contributed by atoms with Crippen molar-refractivity contribution in [3.63, 3.8) is 0 Å². The summed E-state index contributed by atoms with van der Waals surface area (Å²) in [6.07, 6.45) is 0. The van der Waals surface area contributed by atoms with Crippen molar-refractivity contribution in [1.29, 1.82) is 0 Å². The fraction of sp³-hybridized carbons (Fsp3) is 0.348. The lowest BCUT2D eigenvalue weighted by Crippen LogP contribution is -2.55. The lowest BCUT2D eigenvalue weighted by Gasteiger charge is -2.22. The van der Waals surface area contributed by atoms with Crippen molar-refractivity contribution in [2.45, 2.75) is 33.7 Å². The van der Waals surface area contributed by atoms with Crippen LogP contribution in [0.1, 0.15) is 35.3 Å². The Morgan fingerprint density at radius 3 is 2.10 bits per heavy atom. The normalized spacial score (nSPS) is 11.4. The quantitative estimate of drug-likeness (QED) is 0.561. The number of para-hydroxylation sites is 1. The van der Waals surface area contributed by atoms with Crippen LogP contribution >= 0.6 is 0 Å². The molecule has 166 valence electrons. The molecule has 0 spiro atoms. The van der Waals surface area contributed by atoms with E-state index in [0.29, 0.717) is 17.1 Å². The van der Waals surface area contributed by atoms with Crippen molar-refractivity contribution >= 4 is 17.7 Å². The summed E-state index contributed by atoms with van der Waals surface area (Å²) in [6.45, 7) is 7.12. The number of amides is 3. The van der Waals surface area contributed by atoms with Crippen LogP contribution in [-0.2, 0) is 9.59 Å². The Bertz CT molecular complexity index is 905. The number of carbonyl (C=O) groups is 3.